The van der Waals surface area contributed by atoms with Crippen LogP contribution in [0.15, 0.2) is 59.2 Å². The Morgan fingerprint density at radius 1 is 1.17 bits per heavy atom. The fourth-order valence-electron chi connectivity index (χ4n) is 2.12. The molecule has 0 saturated carbocycles. The second kappa shape index (κ2) is 6.13. The summed E-state index contributed by atoms with van der Waals surface area (Å²) in [5.41, 5.74) is 0.242. The van der Waals surface area contributed by atoms with Gasteiger partial charge in [-0.25, -0.2) is 4.79 Å². The van der Waals surface area contributed by atoms with Crippen molar-refractivity contribution in [1.82, 2.24) is 4.98 Å². The van der Waals surface area contributed by atoms with Gasteiger partial charge in [0.1, 0.15) is 5.52 Å². The zero-order valence-electron chi connectivity index (χ0n) is 11.6. The second-order valence-corrected chi connectivity index (χ2v) is 5.56. The summed E-state index contributed by atoms with van der Waals surface area (Å²) in [6.45, 7) is 0. The Kier molecular flexibility index (Phi) is 4.03. The molecule has 1 heterocycles. The molecule has 23 heavy (non-hydrogen) atoms. The first kappa shape index (κ1) is 15.1. The largest absolute Gasteiger partial charge is 0.413 e. The molecule has 3 rings (SSSR count). The van der Waals surface area contributed by atoms with Crippen molar-refractivity contribution in [1.29, 1.82) is 0 Å². The zero-order chi connectivity index (χ0) is 16.4. The molecule has 0 aliphatic carbocycles. The van der Waals surface area contributed by atoms with Gasteiger partial charge in [-0.15, -0.1) is 0 Å². The number of hydrogen-bond donors (Lipinski definition) is 0. The third kappa shape index (κ3) is 3.04. The van der Waals surface area contributed by atoms with Crippen LogP contribution < -0.4 is 4.74 Å². The minimum atomic E-state index is -0.687. The van der Waals surface area contributed by atoms with Crippen molar-refractivity contribution in [2.24, 2.45) is 0 Å². The number of halogens is 1. The van der Waals surface area contributed by atoms with Crippen molar-refractivity contribution in [2.75, 3.05) is 0 Å². The summed E-state index contributed by atoms with van der Waals surface area (Å²) in [6.07, 6.45) is 1.49. The fraction of sp³-hybridized carbons (Fsp3) is 0. The minimum absolute atomic E-state index is 0.155. The summed E-state index contributed by atoms with van der Waals surface area (Å²) in [5, 5.41) is 11.9. The first-order valence-electron chi connectivity index (χ1n) is 6.56. The average Bonchev–Trinajstić information content (AvgIpc) is 2.54. The van der Waals surface area contributed by atoms with Gasteiger partial charge >= 0.3 is 11.7 Å². The van der Waals surface area contributed by atoms with Gasteiger partial charge in [-0.05, 0) is 30.3 Å². The molecule has 0 spiro atoms. The number of nitro benzene ring substituents is 1. The molecule has 3 aromatic rings. The summed E-state index contributed by atoms with van der Waals surface area (Å²) in [6, 6.07) is 12.9. The highest BCUT2D eigenvalue weighted by molar-refractivity contribution is 9.10. The lowest BCUT2D eigenvalue weighted by Crippen LogP contribution is -2.10. The van der Waals surface area contributed by atoms with E-state index in [0.717, 1.165) is 0 Å². The Hall–Kier alpha value is -2.80. The van der Waals surface area contributed by atoms with Crippen LogP contribution in [-0.4, -0.2) is 15.9 Å². The van der Waals surface area contributed by atoms with Crippen LogP contribution in [0.4, 0.5) is 5.69 Å². The number of nitro groups is 1. The van der Waals surface area contributed by atoms with Crippen LogP contribution in [-0.2, 0) is 0 Å². The third-order valence-corrected chi connectivity index (χ3v) is 3.65. The highest BCUT2D eigenvalue weighted by Gasteiger charge is 2.22. The number of carbonyl (C=O) groups excluding carboxylic acids is 1. The molecule has 0 aliphatic rings. The number of carbonyl (C=O) groups is 1. The Balaban J connectivity index is 2.09. The van der Waals surface area contributed by atoms with Crippen LogP contribution in [0.25, 0.3) is 10.9 Å². The number of rotatable bonds is 3. The van der Waals surface area contributed by atoms with E-state index in [9.17, 15) is 14.9 Å². The van der Waals surface area contributed by atoms with Gasteiger partial charge in [0, 0.05) is 22.1 Å². The maximum atomic E-state index is 12.3. The lowest BCUT2D eigenvalue weighted by molar-refractivity contribution is -0.385. The highest BCUT2D eigenvalue weighted by atomic mass is 79.9. The van der Waals surface area contributed by atoms with Gasteiger partial charge in [0.15, 0.2) is 0 Å². The Morgan fingerprint density at radius 3 is 2.74 bits per heavy atom. The number of fused-ring (bicyclic) bond motifs is 1. The van der Waals surface area contributed by atoms with E-state index >= 15 is 0 Å². The molecule has 114 valence electrons. The molecule has 0 N–H and O–H groups in total. The van der Waals surface area contributed by atoms with Gasteiger partial charge in [0.25, 0.3) is 0 Å². The molecular formula is C16H9BrN2O4. The van der Waals surface area contributed by atoms with E-state index in [2.05, 4.69) is 20.9 Å². The third-order valence-electron chi connectivity index (χ3n) is 3.16. The van der Waals surface area contributed by atoms with Crippen molar-refractivity contribution in [3.63, 3.8) is 0 Å². The van der Waals surface area contributed by atoms with E-state index in [-0.39, 0.29) is 22.5 Å². The maximum Gasteiger partial charge on any atom is 0.343 e. The topological polar surface area (TPSA) is 82.3 Å². The predicted octanol–water partition coefficient (Wildman–Crippen LogP) is 4.12. The highest BCUT2D eigenvalue weighted by Crippen LogP contribution is 2.34. The summed E-state index contributed by atoms with van der Waals surface area (Å²) >= 11 is 3.26. The molecule has 0 amide bonds. The van der Waals surface area contributed by atoms with Gasteiger partial charge in [-0.2, -0.15) is 0 Å². The van der Waals surface area contributed by atoms with Crippen molar-refractivity contribution in [3.05, 3.63) is 74.9 Å². The van der Waals surface area contributed by atoms with Crippen LogP contribution in [0.2, 0.25) is 0 Å². The average molecular weight is 373 g/mol. The molecule has 0 bridgehead atoms. The molecule has 2 aromatic carbocycles. The van der Waals surface area contributed by atoms with Crippen molar-refractivity contribution >= 4 is 38.5 Å². The Labute approximate surface area is 139 Å². The van der Waals surface area contributed by atoms with E-state index in [0.29, 0.717) is 9.86 Å². The summed E-state index contributed by atoms with van der Waals surface area (Å²) < 4.78 is 6.00. The Bertz CT molecular complexity index is 927. The monoisotopic (exact) mass is 372 g/mol. The quantitative estimate of drug-likeness (QED) is 0.298. The van der Waals surface area contributed by atoms with Crippen LogP contribution in [0, 0.1) is 10.1 Å². The number of hydrogen-bond acceptors (Lipinski definition) is 5. The van der Waals surface area contributed by atoms with E-state index < -0.39 is 10.9 Å². The molecule has 0 fully saturated rings. The second-order valence-electron chi connectivity index (χ2n) is 4.65. The molecular weight excluding hydrogens is 364 g/mol. The summed E-state index contributed by atoms with van der Waals surface area (Å²) in [7, 11) is 0. The standard InChI is InChI=1S/C16H9BrN2O4/c17-12-5-1-3-11(9-12)16(20)23-15-13(19(21)22)7-6-10-4-2-8-18-14(10)15/h1-9H. The fourth-order valence-corrected chi connectivity index (χ4v) is 2.52. The summed E-state index contributed by atoms with van der Waals surface area (Å²) in [5.74, 6) is -0.842. The van der Waals surface area contributed by atoms with E-state index in [4.69, 9.17) is 4.74 Å². The Morgan fingerprint density at radius 2 is 2.00 bits per heavy atom. The van der Waals surface area contributed by atoms with Crippen LogP contribution in [0.3, 0.4) is 0 Å². The molecule has 1 aromatic heterocycles. The van der Waals surface area contributed by atoms with Crippen molar-refractivity contribution in [2.45, 2.75) is 0 Å². The first-order valence-corrected chi connectivity index (χ1v) is 7.35. The molecule has 0 unspecified atom stereocenters. The number of pyridine rings is 1. The predicted molar refractivity (Wildman–Crippen MR) is 87.5 cm³/mol. The molecule has 7 heteroatoms. The molecule has 0 atom stereocenters. The number of benzene rings is 2. The summed E-state index contributed by atoms with van der Waals surface area (Å²) in [4.78, 5) is 27.0. The smallest absolute Gasteiger partial charge is 0.343 e. The minimum Gasteiger partial charge on any atom is -0.413 e. The first-order chi connectivity index (χ1) is 11.1. The van der Waals surface area contributed by atoms with E-state index in [1.165, 1.54) is 12.3 Å². The van der Waals surface area contributed by atoms with E-state index in [1.54, 1.807) is 42.5 Å². The van der Waals surface area contributed by atoms with Crippen LogP contribution in [0.5, 0.6) is 5.75 Å². The SMILES string of the molecule is O=C(Oc1c([N+](=O)[O-])ccc2cccnc12)c1cccc(Br)c1. The van der Waals surface area contributed by atoms with Crippen LogP contribution >= 0.6 is 15.9 Å². The number of aromatic nitrogens is 1. The van der Waals surface area contributed by atoms with Crippen molar-refractivity contribution < 1.29 is 14.5 Å². The van der Waals surface area contributed by atoms with Crippen LogP contribution in [0.1, 0.15) is 10.4 Å². The van der Waals surface area contributed by atoms with Gasteiger partial charge in [-0.3, -0.25) is 15.1 Å². The number of ether oxygens (including phenoxy) is 1. The molecule has 0 saturated heterocycles. The van der Waals surface area contributed by atoms with Gasteiger partial charge in [0.05, 0.1) is 10.5 Å². The zero-order valence-corrected chi connectivity index (χ0v) is 13.2. The normalized spacial score (nSPS) is 10.5. The van der Waals surface area contributed by atoms with Gasteiger partial charge < -0.3 is 4.74 Å². The number of esters is 1. The van der Waals surface area contributed by atoms with E-state index in [1.807, 2.05) is 0 Å². The molecule has 0 aliphatic heterocycles. The molecule has 6 nitrogen and oxygen atoms in total. The molecule has 0 radical (unpaired) electrons. The van der Waals surface area contributed by atoms with Gasteiger partial charge in [-0.1, -0.05) is 28.1 Å². The van der Waals surface area contributed by atoms with Gasteiger partial charge in [0.2, 0.25) is 5.75 Å². The number of nitrogens with zero attached hydrogens (tertiary/aromatic N) is 2. The lowest BCUT2D eigenvalue weighted by atomic mass is 10.2. The lowest BCUT2D eigenvalue weighted by Gasteiger charge is -2.08. The van der Waals surface area contributed by atoms with Crippen molar-refractivity contribution in [3.8, 4) is 5.75 Å². The maximum absolute atomic E-state index is 12.3.